The number of rotatable bonds is 4. The number of benzene rings is 1. The maximum Gasteiger partial charge on any atom is 0.222 e. The minimum absolute atomic E-state index is 0.0540. The molecule has 3 rings (SSSR count). The van der Waals surface area contributed by atoms with Gasteiger partial charge in [-0.05, 0) is 48.8 Å². The first kappa shape index (κ1) is 14.4. The highest BCUT2D eigenvalue weighted by atomic mass is 19.2. The molecule has 2 aliphatic rings. The molecule has 1 saturated carbocycles. The monoisotopic (exact) mass is 294 g/mol. The lowest BCUT2D eigenvalue weighted by molar-refractivity contribution is -0.130. The molecule has 1 amide bonds. The number of hydrogen-bond acceptors (Lipinski definition) is 2. The Balaban J connectivity index is 1.53. The zero-order valence-electron chi connectivity index (χ0n) is 11.9. The van der Waals surface area contributed by atoms with Crippen molar-refractivity contribution in [2.24, 2.45) is 17.6 Å². The summed E-state index contributed by atoms with van der Waals surface area (Å²) < 4.78 is 26.0. The number of likely N-dealkylation sites (tertiary alicyclic amines) is 1. The van der Waals surface area contributed by atoms with Gasteiger partial charge in [0.15, 0.2) is 11.6 Å². The van der Waals surface area contributed by atoms with Gasteiger partial charge in [-0.2, -0.15) is 0 Å². The molecule has 1 aromatic rings. The van der Waals surface area contributed by atoms with E-state index in [0.29, 0.717) is 36.8 Å². The van der Waals surface area contributed by atoms with Gasteiger partial charge in [-0.1, -0.05) is 6.07 Å². The normalized spacial score (nSPS) is 25.4. The maximum absolute atomic E-state index is 13.1. The number of carbonyl (C=O) groups is 1. The molecule has 3 nitrogen and oxygen atoms in total. The smallest absolute Gasteiger partial charge is 0.222 e. The van der Waals surface area contributed by atoms with Crippen molar-refractivity contribution in [1.82, 2.24) is 4.90 Å². The van der Waals surface area contributed by atoms with Crippen molar-refractivity contribution in [2.45, 2.75) is 31.7 Å². The van der Waals surface area contributed by atoms with Crippen molar-refractivity contribution in [3.8, 4) is 0 Å². The average Bonchev–Trinajstić information content (AvgIpc) is 3.22. The minimum Gasteiger partial charge on any atom is -0.341 e. The Bertz CT molecular complexity index is 545. The standard InChI is InChI=1S/C16H20F2N2O/c17-13-5-1-10(7-14(13)18)2-6-16(21)20-8-12(11-3-4-11)15(19)9-20/h1,5,7,11-12,15H,2-4,6,8-9,19H2/t12-,15+/m0/s1. The largest absolute Gasteiger partial charge is 0.341 e. The minimum atomic E-state index is -0.864. The van der Waals surface area contributed by atoms with E-state index >= 15 is 0 Å². The lowest BCUT2D eigenvalue weighted by Gasteiger charge is -2.16. The van der Waals surface area contributed by atoms with Gasteiger partial charge in [-0.25, -0.2) is 8.78 Å². The molecule has 0 unspecified atom stereocenters. The molecular formula is C16H20F2N2O. The summed E-state index contributed by atoms with van der Waals surface area (Å²) in [5.74, 6) is -0.528. The molecule has 0 spiro atoms. The van der Waals surface area contributed by atoms with Gasteiger partial charge in [0.25, 0.3) is 0 Å². The summed E-state index contributed by atoms with van der Waals surface area (Å²) in [5, 5.41) is 0. The zero-order valence-corrected chi connectivity index (χ0v) is 11.9. The highest BCUT2D eigenvalue weighted by molar-refractivity contribution is 5.76. The van der Waals surface area contributed by atoms with Gasteiger partial charge in [0, 0.05) is 25.6 Å². The molecule has 5 heteroatoms. The second-order valence-electron chi connectivity index (χ2n) is 6.21. The topological polar surface area (TPSA) is 46.3 Å². The Kier molecular flexibility index (Phi) is 3.93. The molecular weight excluding hydrogens is 274 g/mol. The summed E-state index contributed by atoms with van der Waals surface area (Å²) in [5.41, 5.74) is 6.75. The Morgan fingerprint density at radius 1 is 1.24 bits per heavy atom. The van der Waals surface area contributed by atoms with Crippen molar-refractivity contribution < 1.29 is 13.6 Å². The fourth-order valence-electron chi connectivity index (χ4n) is 3.19. The van der Waals surface area contributed by atoms with E-state index in [1.807, 2.05) is 4.90 Å². The van der Waals surface area contributed by atoms with Crippen LogP contribution in [0.25, 0.3) is 0 Å². The lowest BCUT2D eigenvalue weighted by Crippen LogP contribution is -2.32. The quantitative estimate of drug-likeness (QED) is 0.924. The van der Waals surface area contributed by atoms with Crippen LogP contribution in [-0.4, -0.2) is 29.9 Å². The maximum atomic E-state index is 13.1. The van der Waals surface area contributed by atoms with Crippen LogP contribution in [0, 0.1) is 23.5 Å². The van der Waals surface area contributed by atoms with E-state index in [4.69, 9.17) is 5.73 Å². The highest BCUT2D eigenvalue weighted by Crippen LogP contribution is 2.40. The summed E-state index contributed by atoms with van der Waals surface area (Å²) in [6.07, 6.45) is 3.20. The van der Waals surface area contributed by atoms with Crippen molar-refractivity contribution in [1.29, 1.82) is 0 Å². The number of hydrogen-bond donors (Lipinski definition) is 1. The predicted octanol–water partition coefficient (Wildman–Crippen LogP) is 2.09. The molecule has 2 fully saturated rings. The van der Waals surface area contributed by atoms with Gasteiger partial charge in [-0.3, -0.25) is 4.79 Å². The first-order chi connectivity index (χ1) is 10.0. The Morgan fingerprint density at radius 3 is 2.67 bits per heavy atom. The van der Waals surface area contributed by atoms with Crippen molar-refractivity contribution in [3.05, 3.63) is 35.4 Å². The van der Waals surface area contributed by atoms with Gasteiger partial charge in [0.1, 0.15) is 0 Å². The molecule has 1 aliphatic carbocycles. The summed E-state index contributed by atoms with van der Waals surface area (Å²) in [4.78, 5) is 14.0. The van der Waals surface area contributed by atoms with Crippen molar-refractivity contribution >= 4 is 5.91 Å². The van der Waals surface area contributed by atoms with Crippen LogP contribution < -0.4 is 5.73 Å². The first-order valence-electron chi connectivity index (χ1n) is 7.52. The van der Waals surface area contributed by atoms with Crippen molar-refractivity contribution in [3.63, 3.8) is 0 Å². The van der Waals surface area contributed by atoms with Crippen LogP contribution >= 0.6 is 0 Å². The zero-order chi connectivity index (χ0) is 15.0. The highest BCUT2D eigenvalue weighted by Gasteiger charge is 2.41. The molecule has 21 heavy (non-hydrogen) atoms. The summed E-state index contributed by atoms with van der Waals surface area (Å²) >= 11 is 0. The third-order valence-corrected chi connectivity index (χ3v) is 4.60. The molecule has 2 N–H and O–H groups in total. The third-order valence-electron chi connectivity index (χ3n) is 4.60. The summed E-state index contributed by atoms with van der Waals surface area (Å²) in [7, 11) is 0. The van der Waals surface area contributed by atoms with E-state index in [1.165, 1.54) is 18.9 Å². The van der Waals surface area contributed by atoms with Crippen LogP contribution in [0.1, 0.15) is 24.8 Å². The summed E-state index contributed by atoms with van der Waals surface area (Å²) in [6.45, 7) is 1.38. The second-order valence-corrected chi connectivity index (χ2v) is 6.21. The molecule has 0 radical (unpaired) electrons. The van der Waals surface area contributed by atoms with Gasteiger partial charge in [0.2, 0.25) is 5.91 Å². The van der Waals surface area contributed by atoms with Gasteiger partial charge in [0.05, 0.1) is 0 Å². The number of halogens is 2. The molecule has 114 valence electrons. The molecule has 1 aromatic carbocycles. The molecule has 0 aromatic heterocycles. The molecule has 1 heterocycles. The van der Waals surface area contributed by atoms with Crippen molar-refractivity contribution in [2.75, 3.05) is 13.1 Å². The van der Waals surface area contributed by atoms with Crippen LogP contribution in [0.3, 0.4) is 0 Å². The fraction of sp³-hybridized carbons (Fsp3) is 0.562. The van der Waals surface area contributed by atoms with Crippen LogP contribution in [-0.2, 0) is 11.2 Å². The van der Waals surface area contributed by atoms with Gasteiger partial charge < -0.3 is 10.6 Å². The number of nitrogens with zero attached hydrogens (tertiary/aromatic N) is 1. The van der Waals surface area contributed by atoms with Crippen LogP contribution in [0.5, 0.6) is 0 Å². The number of carbonyl (C=O) groups excluding carboxylic acids is 1. The Hall–Kier alpha value is -1.49. The Labute approximate surface area is 123 Å². The third kappa shape index (κ3) is 3.23. The van der Waals surface area contributed by atoms with E-state index in [0.717, 1.165) is 18.7 Å². The molecule has 2 atom stereocenters. The first-order valence-corrected chi connectivity index (χ1v) is 7.52. The van der Waals surface area contributed by atoms with E-state index < -0.39 is 11.6 Å². The Morgan fingerprint density at radius 2 is 2.00 bits per heavy atom. The van der Waals surface area contributed by atoms with Crippen LogP contribution in [0.15, 0.2) is 18.2 Å². The fourth-order valence-corrected chi connectivity index (χ4v) is 3.19. The van der Waals surface area contributed by atoms with E-state index in [-0.39, 0.29) is 11.9 Å². The van der Waals surface area contributed by atoms with Gasteiger partial charge in [-0.15, -0.1) is 0 Å². The summed E-state index contributed by atoms with van der Waals surface area (Å²) in [6, 6.07) is 3.87. The molecule has 1 saturated heterocycles. The van der Waals surface area contributed by atoms with Crippen LogP contribution in [0.2, 0.25) is 0 Å². The number of nitrogens with two attached hydrogens (primary N) is 1. The van der Waals surface area contributed by atoms with Crippen LogP contribution in [0.4, 0.5) is 8.78 Å². The second kappa shape index (κ2) is 5.72. The SMILES string of the molecule is N[C@@H]1CN(C(=O)CCc2ccc(F)c(F)c2)C[C@H]1C1CC1. The predicted molar refractivity (Wildman–Crippen MR) is 75.4 cm³/mol. The lowest BCUT2D eigenvalue weighted by atomic mass is 9.99. The number of amides is 1. The molecule has 1 aliphatic heterocycles. The molecule has 0 bridgehead atoms. The number of aryl methyl sites for hydroxylation is 1. The van der Waals surface area contributed by atoms with E-state index in [9.17, 15) is 13.6 Å². The van der Waals surface area contributed by atoms with E-state index in [1.54, 1.807) is 0 Å². The van der Waals surface area contributed by atoms with Gasteiger partial charge >= 0.3 is 0 Å². The average molecular weight is 294 g/mol. The van der Waals surface area contributed by atoms with E-state index in [2.05, 4.69) is 0 Å².